The van der Waals surface area contributed by atoms with Gasteiger partial charge in [0.05, 0.1) is 13.0 Å². The number of aromatic nitrogens is 1. The van der Waals surface area contributed by atoms with E-state index in [0.29, 0.717) is 25.5 Å². The Morgan fingerprint density at radius 3 is 2.45 bits per heavy atom. The van der Waals surface area contributed by atoms with E-state index in [9.17, 15) is 4.79 Å². The average molecular weight is 505 g/mol. The fourth-order valence-electron chi connectivity index (χ4n) is 4.78. The topological polar surface area (TPSA) is 66.5 Å². The first-order valence-electron chi connectivity index (χ1n) is 13.0. The summed E-state index contributed by atoms with van der Waals surface area (Å²) >= 11 is 0. The summed E-state index contributed by atoms with van der Waals surface area (Å²) in [4.78, 5) is 12.1. The lowest BCUT2D eigenvalue weighted by Crippen LogP contribution is -2.09. The molecule has 192 valence electrons. The minimum absolute atomic E-state index is 0.181. The normalized spacial score (nSPS) is 11.0. The van der Waals surface area contributed by atoms with Crippen LogP contribution in [0.1, 0.15) is 29.2 Å². The summed E-state index contributed by atoms with van der Waals surface area (Å²) in [5.41, 5.74) is 13.6. The van der Waals surface area contributed by atoms with Crippen molar-refractivity contribution in [2.24, 2.45) is 5.73 Å². The van der Waals surface area contributed by atoms with Crippen molar-refractivity contribution in [3.8, 4) is 16.9 Å². The number of benzene rings is 4. The Morgan fingerprint density at radius 1 is 0.842 bits per heavy atom. The lowest BCUT2D eigenvalue weighted by atomic mass is 9.97. The zero-order chi connectivity index (χ0) is 26.3. The molecule has 0 unspecified atom stereocenters. The largest absolute Gasteiger partial charge is 0.489 e. The molecule has 5 rings (SSSR count). The molecule has 5 heteroatoms. The van der Waals surface area contributed by atoms with Gasteiger partial charge in [-0.25, -0.2) is 0 Å². The molecule has 0 aliphatic heterocycles. The quantitative estimate of drug-likeness (QED) is 0.221. The molecule has 2 N–H and O–H groups in total. The van der Waals surface area contributed by atoms with Gasteiger partial charge in [0.1, 0.15) is 12.4 Å². The summed E-state index contributed by atoms with van der Waals surface area (Å²) in [6, 6.07) is 33.1. The maximum atomic E-state index is 12.1. The Kier molecular flexibility index (Phi) is 7.86. The van der Waals surface area contributed by atoms with Gasteiger partial charge >= 0.3 is 5.97 Å². The lowest BCUT2D eigenvalue weighted by Gasteiger charge is -2.14. The molecule has 5 aromatic rings. The number of nitrogens with zero attached hydrogens (tertiary/aromatic N) is 1. The van der Waals surface area contributed by atoms with Crippen LogP contribution in [0.3, 0.4) is 0 Å². The number of esters is 1. The average Bonchev–Trinajstić information content (AvgIpc) is 3.35. The first kappa shape index (κ1) is 25.3. The Morgan fingerprint density at radius 2 is 1.63 bits per heavy atom. The SMILES string of the molecule is CCOC(=O)Cc1ccccc1OCc1cc(-c2cccc(CN)c2)c2ccn(Cc3ccccc3)c2c1. The molecule has 0 radical (unpaired) electrons. The highest BCUT2D eigenvalue weighted by Crippen LogP contribution is 2.33. The third-order valence-electron chi connectivity index (χ3n) is 6.63. The second-order valence-electron chi connectivity index (χ2n) is 9.29. The Labute approximate surface area is 223 Å². The molecule has 0 aliphatic rings. The number of para-hydroxylation sites is 1. The van der Waals surface area contributed by atoms with Crippen LogP contribution in [0, 0.1) is 0 Å². The fourth-order valence-corrected chi connectivity index (χ4v) is 4.78. The molecule has 1 aromatic heterocycles. The predicted molar refractivity (Wildman–Crippen MR) is 152 cm³/mol. The van der Waals surface area contributed by atoms with Gasteiger partial charge in [0.15, 0.2) is 0 Å². The van der Waals surface area contributed by atoms with Crippen molar-refractivity contribution >= 4 is 16.9 Å². The molecule has 1 heterocycles. The zero-order valence-corrected chi connectivity index (χ0v) is 21.6. The number of ether oxygens (including phenoxy) is 2. The van der Waals surface area contributed by atoms with E-state index in [1.54, 1.807) is 0 Å². The molecule has 0 fully saturated rings. The lowest BCUT2D eigenvalue weighted by molar-refractivity contribution is -0.142. The first-order valence-corrected chi connectivity index (χ1v) is 13.0. The van der Waals surface area contributed by atoms with Gasteiger partial charge in [-0.05, 0) is 65.1 Å². The van der Waals surface area contributed by atoms with Crippen molar-refractivity contribution in [2.75, 3.05) is 6.61 Å². The van der Waals surface area contributed by atoms with Crippen LogP contribution >= 0.6 is 0 Å². The van der Waals surface area contributed by atoms with Crippen molar-refractivity contribution in [1.29, 1.82) is 0 Å². The van der Waals surface area contributed by atoms with Crippen LogP contribution in [0.2, 0.25) is 0 Å². The van der Waals surface area contributed by atoms with Crippen molar-refractivity contribution in [1.82, 2.24) is 4.57 Å². The molecule has 0 aliphatic carbocycles. The van der Waals surface area contributed by atoms with Crippen LogP contribution in [0.4, 0.5) is 0 Å². The molecular formula is C33H32N2O3. The van der Waals surface area contributed by atoms with Crippen LogP contribution in [-0.2, 0) is 35.6 Å². The molecule has 0 saturated heterocycles. The number of carbonyl (C=O) groups excluding carboxylic acids is 1. The van der Waals surface area contributed by atoms with E-state index in [4.69, 9.17) is 15.2 Å². The molecular weight excluding hydrogens is 472 g/mol. The monoisotopic (exact) mass is 504 g/mol. The fraction of sp³-hybridized carbons (Fsp3) is 0.182. The highest BCUT2D eigenvalue weighted by Gasteiger charge is 2.14. The first-order chi connectivity index (χ1) is 18.6. The van der Waals surface area contributed by atoms with Gasteiger partial charge in [0, 0.05) is 35.8 Å². The second-order valence-corrected chi connectivity index (χ2v) is 9.29. The second kappa shape index (κ2) is 11.8. The van der Waals surface area contributed by atoms with Gasteiger partial charge in [0.2, 0.25) is 0 Å². The molecule has 0 spiro atoms. The minimum atomic E-state index is -0.259. The van der Waals surface area contributed by atoms with E-state index in [1.807, 2.05) is 37.3 Å². The summed E-state index contributed by atoms with van der Waals surface area (Å²) < 4.78 is 13.7. The Bertz CT molecular complexity index is 1540. The standard InChI is InChI=1S/C33H32N2O3/c1-2-37-33(36)20-28-12-6-7-14-32(28)38-23-26-18-30(27-13-8-11-25(17-27)21-34)29-15-16-35(31(29)19-26)22-24-9-4-3-5-10-24/h3-19H,2,20-23,34H2,1H3. The maximum absolute atomic E-state index is 12.1. The molecule has 4 aromatic carbocycles. The minimum Gasteiger partial charge on any atom is -0.489 e. The Hall–Kier alpha value is -4.35. The summed E-state index contributed by atoms with van der Waals surface area (Å²) in [6.45, 7) is 3.81. The van der Waals surface area contributed by atoms with E-state index in [2.05, 4.69) is 77.5 Å². The molecule has 38 heavy (non-hydrogen) atoms. The van der Waals surface area contributed by atoms with E-state index in [1.165, 1.54) is 10.9 Å². The van der Waals surface area contributed by atoms with Crippen LogP contribution in [0.25, 0.3) is 22.0 Å². The number of hydrogen-bond acceptors (Lipinski definition) is 4. The number of hydrogen-bond donors (Lipinski definition) is 1. The van der Waals surface area contributed by atoms with E-state index in [0.717, 1.165) is 39.9 Å². The zero-order valence-electron chi connectivity index (χ0n) is 21.6. The maximum Gasteiger partial charge on any atom is 0.310 e. The number of carbonyl (C=O) groups is 1. The number of rotatable bonds is 10. The van der Waals surface area contributed by atoms with E-state index in [-0.39, 0.29) is 12.4 Å². The number of nitrogens with two attached hydrogens (primary N) is 1. The third kappa shape index (κ3) is 5.79. The van der Waals surface area contributed by atoms with E-state index < -0.39 is 0 Å². The highest BCUT2D eigenvalue weighted by atomic mass is 16.5. The van der Waals surface area contributed by atoms with Gasteiger partial charge < -0.3 is 19.8 Å². The predicted octanol–water partition coefficient (Wildman–Crippen LogP) is 6.50. The van der Waals surface area contributed by atoms with E-state index >= 15 is 0 Å². The Balaban J connectivity index is 1.51. The van der Waals surface area contributed by atoms with Crippen molar-refractivity contribution in [2.45, 2.75) is 33.0 Å². The molecule has 0 saturated carbocycles. The van der Waals surface area contributed by atoms with Gasteiger partial charge in [-0.15, -0.1) is 0 Å². The summed E-state index contributed by atoms with van der Waals surface area (Å²) in [7, 11) is 0. The van der Waals surface area contributed by atoms with Gasteiger partial charge in [-0.1, -0.05) is 66.7 Å². The summed E-state index contributed by atoms with van der Waals surface area (Å²) in [5.74, 6) is 0.428. The summed E-state index contributed by atoms with van der Waals surface area (Å²) in [5, 5.41) is 1.18. The highest BCUT2D eigenvalue weighted by molar-refractivity contribution is 5.96. The van der Waals surface area contributed by atoms with Gasteiger partial charge in [-0.2, -0.15) is 0 Å². The van der Waals surface area contributed by atoms with Crippen LogP contribution in [-0.4, -0.2) is 17.1 Å². The third-order valence-corrected chi connectivity index (χ3v) is 6.63. The van der Waals surface area contributed by atoms with Crippen molar-refractivity contribution in [3.63, 3.8) is 0 Å². The van der Waals surface area contributed by atoms with Crippen LogP contribution in [0.5, 0.6) is 5.75 Å². The molecule has 0 atom stereocenters. The van der Waals surface area contributed by atoms with Crippen molar-refractivity contribution < 1.29 is 14.3 Å². The molecule has 0 bridgehead atoms. The van der Waals surface area contributed by atoms with Gasteiger partial charge in [-0.3, -0.25) is 4.79 Å². The van der Waals surface area contributed by atoms with Crippen LogP contribution < -0.4 is 10.5 Å². The van der Waals surface area contributed by atoms with Crippen LogP contribution in [0.15, 0.2) is 103 Å². The van der Waals surface area contributed by atoms with Gasteiger partial charge in [0.25, 0.3) is 0 Å². The molecule has 5 nitrogen and oxygen atoms in total. The molecule has 0 amide bonds. The smallest absolute Gasteiger partial charge is 0.310 e. The summed E-state index contributed by atoms with van der Waals surface area (Å²) in [6.07, 6.45) is 2.33. The van der Waals surface area contributed by atoms with Crippen molar-refractivity contribution in [3.05, 3.63) is 126 Å². The number of fused-ring (bicyclic) bond motifs is 1.